The zero-order valence-electron chi connectivity index (χ0n) is 19.6. The van der Waals surface area contributed by atoms with Gasteiger partial charge in [-0.3, -0.25) is 4.18 Å². The van der Waals surface area contributed by atoms with Crippen molar-refractivity contribution in [3.8, 4) is 5.69 Å². The van der Waals surface area contributed by atoms with Gasteiger partial charge in [0.2, 0.25) is 0 Å². The second-order valence-corrected chi connectivity index (χ2v) is 10.9. The van der Waals surface area contributed by atoms with Crippen molar-refractivity contribution < 1.29 is 12.6 Å². The van der Waals surface area contributed by atoms with E-state index in [2.05, 4.69) is 9.88 Å². The van der Waals surface area contributed by atoms with Crippen molar-refractivity contribution in [3.05, 3.63) is 76.8 Å². The van der Waals surface area contributed by atoms with E-state index < -0.39 is 10.1 Å². The number of halogens is 2. The second kappa shape index (κ2) is 10.5. The molecule has 7 nitrogen and oxygen atoms in total. The third kappa shape index (κ3) is 5.62. The lowest BCUT2D eigenvalue weighted by molar-refractivity contribution is 0.312. The standard InChI is InChI=1S/C25H26Cl2N4O3S/c1-17(2)31(12-4-14-34-35(32,33)19-7-5-18(3)6-8-19)23-15-22(30-13-11-28-16-30)20-9-10-21(26)24(27)25(20)29-23/h5-11,13,15-17H,4,12,14H2,1-3H3. The highest BCUT2D eigenvalue weighted by atomic mass is 35.5. The first-order chi connectivity index (χ1) is 16.7. The lowest BCUT2D eigenvalue weighted by Gasteiger charge is -2.29. The van der Waals surface area contributed by atoms with Gasteiger partial charge >= 0.3 is 0 Å². The predicted molar refractivity (Wildman–Crippen MR) is 140 cm³/mol. The molecule has 0 N–H and O–H groups in total. The molecule has 0 unspecified atom stereocenters. The Balaban J connectivity index is 1.58. The van der Waals surface area contributed by atoms with Crippen molar-refractivity contribution >= 4 is 50.0 Å². The van der Waals surface area contributed by atoms with E-state index in [0.717, 1.165) is 16.6 Å². The number of rotatable bonds is 9. The molecule has 4 rings (SSSR count). The minimum absolute atomic E-state index is 0.0496. The van der Waals surface area contributed by atoms with Crippen LogP contribution in [0.5, 0.6) is 0 Å². The molecule has 0 saturated carbocycles. The van der Waals surface area contributed by atoms with Gasteiger partial charge in [0, 0.05) is 36.4 Å². The van der Waals surface area contributed by atoms with Gasteiger partial charge in [-0.15, -0.1) is 0 Å². The van der Waals surface area contributed by atoms with E-state index >= 15 is 0 Å². The molecule has 0 amide bonds. The summed E-state index contributed by atoms with van der Waals surface area (Å²) in [5.41, 5.74) is 2.44. The van der Waals surface area contributed by atoms with Crippen molar-refractivity contribution in [2.45, 2.75) is 38.1 Å². The van der Waals surface area contributed by atoms with Gasteiger partial charge in [-0.1, -0.05) is 40.9 Å². The third-order valence-corrected chi connectivity index (χ3v) is 7.75. The third-order valence-electron chi connectivity index (χ3n) is 5.63. The molecule has 0 radical (unpaired) electrons. The smallest absolute Gasteiger partial charge is 0.296 e. The molecular weight excluding hydrogens is 507 g/mol. The van der Waals surface area contributed by atoms with Crippen LogP contribution in [0.15, 0.2) is 66.1 Å². The normalized spacial score (nSPS) is 11.9. The number of anilines is 1. The molecule has 2 aromatic heterocycles. The molecule has 4 aromatic rings. The molecular formula is C25H26Cl2N4O3S. The summed E-state index contributed by atoms with van der Waals surface area (Å²) in [5.74, 6) is 0.696. The highest BCUT2D eigenvalue weighted by molar-refractivity contribution is 7.86. The molecule has 0 spiro atoms. The van der Waals surface area contributed by atoms with Gasteiger partial charge < -0.3 is 9.47 Å². The lowest BCUT2D eigenvalue weighted by Crippen LogP contribution is -2.33. The highest BCUT2D eigenvalue weighted by Crippen LogP contribution is 2.35. The molecule has 184 valence electrons. The summed E-state index contributed by atoms with van der Waals surface area (Å²) in [6.45, 7) is 6.57. The van der Waals surface area contributed by atoms with Crippen LogP contribution in [0.25, 0.3) is 16.6 Å². The Bertz CT molecular complexity index is 1420. The molecule has 0 aliphatic heterocycles. The maximum absolute atomic E-state index is 12.5. The minimum atomic E-state index is -3.81. The number of hydrogen-bond donors (Lipinski definition) is 0. The zero-order valence-corrected chi connectivity index (χ0v) is 22.0. The largest absolute Gasteiger partial charge is 0.354 e. The van der Waals surface area contributed by atoms with Crippen molar-refractivity contribution in [2.24, 2.45) is 0 Å². The monoisotopic (exact) mass is 532 g/mol. The van der Waals surface area contributed by atoms with Gasteiger partial charge in [0.25, 0.3) is 10.1 Å². The van der Waals surface area contributed by atoms with Crippen molar-refractivity contribution in [1.82, 2.24) is 14.5 Å². The predicted octanol–water partition coefficient (Wildman–Crippen LogP) is 6.05. The maximum atomic E-state index is 12.5. The van der Waals surface area contributed by atoms with Crippen molar-refractivity contribution in [3.63, 3.8) is 0 Å². The van der Waals surface area contributed by atoms with Gasteiger partial charge in [0.15, 0.2) is 0 Å². The Kier molecular flexibility index (Phi) is 7.66. The molecule has 2 heterocycles. The van der Waals surface area contributed by atoms with E-state index in [0.29, 0.717) is 34.3 Å². The lowest BCUT2D eigenvalue weighted by atomic mass is 10.1. The molecule has 35 heavy (non-hydrogen) atoms. The summed E-state index contributed by atoms with van der Waals surface area (Å²) in [7, 11) is -3.81. The van der Waals surface area contributed by atoms with Gasteiger partial charge in [0.1, 0.15) is 5.82 Å². The average Bonchev–Trinajstić information content (AvgIpc) is 3.36. The summed E-state index contributed by atoms with van der Waals surface area (Å²) in [5, 5.41) is 1.65. The molecule has 0 bridgehead atoms. The maximum Gasteiger partial charge on any atom is 0.296 e. The van der Waals surface area contributed by atoms with Crippen LogP contribution in [-0.4, -0.2) is 42.1 Å². The summed E-state index contributed by atoms with van der Waals surface area (Å²) >= 11 is 12.8. The Labute approximate surface area is 215 Å². The number of aromatic nitrogens is 3. The fourth-order valence-electron chi connectivity index (χ4n) is 3.78. The van der Waals surface area contributed by atoms with Crippen LogP contribution in [0.1, 0.15) is 25.8 Å². The first-order valence-electron chi connectivity index (χ1n) is 11.2. The van der Waals surface area contributed by atoms with E-state index in [-0.39, 0.29) is 17.5 Å². The molecule has 0 saturated heterocycles. The fourth-order valence-corrected chi connectivity index (χ4v) is 5.08. The van der Waals surface area contributed by atoms with Crippen LogP contribution in [0.2, 0.25) is 10.0 Å². The summed E-state index contributed by atoms with van der Waals surface area (Å²) in [6, 6.07) is 12.3. The summed E-state index contributed by atoms with van der Waals surface area (Å²) in [4.78, 5) is 11.2. The Morgan fingerprint density at radius 3 is 2.51 bits per heavy atom. The van der Waals surface area contributed by atoms with Crippen LogP contribution in [0.4, 0.5) is 5.82 Å². The molecule has 0 fully saturated rings. The first-order valence-corrected chi connectivity index (χ1v) is 13.3. The van der Waals surface area contributed by atoms with Crippen LogP contribution in [0.3, 0.4) is 0 Å². The van der Waals surface area contributed by atoms with E-state index in [1.54, 1.807) is 42.9 Å². The van der Waals surface area contributed by atoms with Crippen LogP contribution < -0.4 is 4.90 Å². The number of imidazole rings is 1. The SMILES string of the molecule is Cc1ccc(S(=O)(=O)OCCCN(c2cc(-n3ccnc3)c3ccc(Cl)c(Cl)c3n2)C(C)C)cc1. The fraction of sp³-hybridized carbons (Fsp3) is 0.280. The molecule has 0 aliphatic rings. The Hall–Kier alpha value is -2.65. The Morgan fingerprint density at radius 1 is 1.11 bits per heavy atom. The number of hydrogen-bond acceptors (Lipinski definition) is 6. The number of aryl methyl sites for hydroxylation is 1. The highest BCUT2D eigenvalue weighted by Gasteiger charge is 2.19. The number of nitrogens with zero attached hydrogens (tertiary/aromatic N) is 4. The van der Waals surface area contributed by atoms with E-state index in [1.165, 1.54) is 0 Å². The summed E-state index contributed by atoms with van der Waals surface area (Å²) in [6.07, 6.45) is 5.75. The topological polar surface area (TPSA) is 77.3 Å². The molecule has 10 heteroatoms. The molecule has 0 atom stereocenters. The van der Waals surface area contributed by atoms with Gasteiger partial charge in [-0.25, -0.2) is 9.97 Å². The van der Waals surface area contributed by atoms with Gasteiger partial charge in [-0.05, 0) is 51.5 Å². The average molecular weight is 533 g/mol. The quantitative estimate of drug-likeness (QED) is 0.193. The van der Waals surface area contributed by atoms with E-state index in [1.807, 2.05) is 43.7 Å². The van der Waals surface area contributed by atoms with Crippen LogP contribution >= 0.6 is 23.2 Å². The van der Waals surface area contributed by atoms with E-state index in [4.69, 9.17) is 32.4 Å². The van der Waals surface area contributed by atoms with Gasteiger partial charge in [-0.2, -0.15) is 8.42 Å². The second-order valence-electron chi connectivity index (χ2n) is 8.46. The van der Waals surface area contributed by atoms with Crippen LogP contribution in [-0.2, 0) is 14.3 Å². The Morgan fingerprint density at radius 2 is 1.86 bits per heavy atom. The van der Waals surface area contributed by atoms with E-state index in [9.17, 15) is 8.42 Å². The molecule has 0 aliphatic carbocycles. The minimum Gasteiger partial charge on any atom is -0.354 e. The van der Waals surface area contributed by atoms with Gasteiger partial charge in [0.05, 0.1) is 39.1 Å². The zero-order chi connectivity index (χ0) is 25.2. The summed E-state index contributed by atoms with van der Waals surface area (Å²) < 4.78 is 32.2. The van der Waals surface area contributed by atoms with Crippen LogP contribution in [0, 0.1) is 6.92 Å². The number of fused-ring (bicyclic) bond motifs is 1. The van der Waals surface area contributed by atoms with Crippen molar-refractivity contribution in [2.75, 3.05) is 18.1 Å². The number of pyridine rings is 1. The molecule has 2 aromatic carbocycles. The number of benzene rings is 2. The van der Waals surface area contributed by atoms with Crippen molar-refractivity contribution in [1.29, 1.82) is 0 Å². The first kappa shape index (κ1) is 25.4.